The molecular formula is C11H24N2O5S. The van der Waals surface area contributed by atoms with Crippen LogP contribution in [0.2, 0.25) is 0 Å². The third kappa shape index (κ3) is 15.2. The van der Waals surface area contributed by atoms with Crippen LogP contribution in [0.5, 0.6) is 0 Å². The van der Waals surface area contributed by atoms with Gasteiger partial charge in [-0.3, -0.25) is 9.35 Å². The molecule has 0 heterocycles. The first kappa shape index (κ1) is 18.3. The lowest BCUT2D eigenvalue weighted by Crippen LogP contribution is -2.29. The van der Waals surface area contributed by atoms with Crippen LogP contribution in [0.25, 0.3) is 0 Å². The number of carboxylic acids is 1. The third-order valence-electron chi connectivity index (χ3n) is 2.68. The average Bonchev–Trinajstić information content (AvgIpc) is 2.28. The van der Waals surface area contributed by atoms with Gasteiger partial charge in [-0.15, -0.1) is 0 Å². The largest absolute Gasteiger partial charge is 0.481 e. The van der Waals surface area contributed by atoms with Crippen molar-refractivity contribution in [3.05, 3.63) is 0 Å². The molecule has 1 unspecified atom stereocenters. The summed E-state index contributed by atoms with van der Waals surface area (Å²) in [4.78, 5) is 10.2. The van der Waals surface area contributed by atoms with Crippen molar-refractivity contribution in [3.8, 4) is 0 Å². The zero-order valence-electron chi connectivity index (χ0n) is 11.3. The summed E-state index contributed by atoms with van der Waals surface area (Å²) in [5.41, 5.74) is 0. The van der Waals surface area contributed by atoms with Gasteiger partial charge in [-0.25, -0.2) is 0 Å². The van der Waals surface area contributed by atoms with Crippen molar-refractivity contribution >= 4 is 16.1 Å². The number of carboxylic acid groups (broad SMARTS) is 1. The average molecular weight is 296 g/mol. The first-order chi connectivity index (χ1) is 8.81. The number of hydrogen-bond donors (Lipinski definition) is 4. The minimum absolute atomic E-state index is 0.118. The highest BCUT2D eigenvalue weighted by Gasteiger charge is 2.08. The van der Waals surface area contributed by atoms with E-state index in [0.29, 0.717) is 19.5 Å². The van der Waals surface area contributed by atoms with Crippen LogP contribution in [0.4, 0.5) is 0 Å². The van der Waals surface area contributed by atoms with Crippen LogP contribution in [0.1, 0.15) is 26.2 Å². The summed E-state index contributed by atoms with van der Waals surface area (Å²) in [6.07, 6.45) is 1.41. The van der Waals surface area contributed by atoms with E-state index in [9.17, 15) is 13.2 Å². The van der Waals surface area contributed by atoms with Gasteiger partial charge in [0.25, 0.3) is 10.1 Å². The molecule has 0 rings (SSSR count). The topological polar surface area (TPSA) is 116 Å². The normalized spacial score (nSPS) is 13.4. The minimum Gasteiger partial charge on any atom is -0.481 e. The molecule has 0 radical (unpaired) electrons. The lowest BCUT2D eigenvalue weighted by atomic mass is 10.1. The van der Waals surface area contributed by atoms with Crippen LogP contribution in [-0.2, 0) is 14.9 Å². The molecule has 0 saturated heterocycles. The van der Waals surface area contributed by atoms with Gasteiger partial charge in [0.05, 0.1) is 12.2 Å². The Kier molecular flexibility index (Phi) is 9.76. The standard InChI is InChI=1S/C11H24N2O5S/c1-10(4-9-19(16,17)18)2-5-12-7-8-13-6-3-11(14)15/h10,12-13H,2-9H2,1H3,(H,14,15)(H,16,17,18). The zero-order valence-corrected chi connectivity index (χ0v) is 12.1. The molecule has 0 aromatic carbocycles. The molecule has 0 aliphatic rings. The molecule has 1 atom stereocenters. The van der Waals surface area contributed by atoms with E-state index in [2.05, 4.69) is 10.6 Å². The highest BCUT2D eigenvalue weighted by atomic mass is 32.2. The maximum absolute atomic E-state index is 10.6. The molecule has 114 valence electrons. The second-order valence-corrected chi connectivity index (χ2v) is 6.18. The highest BCUT2D eigenvalue weighted by Crippen LogP contribution is 2.07. The first-order valence-electron chi connectivity index (χ1n) is 6.39. The number of aliphatic carboxylic acids is 1. The van der Waals surface area contributed by atoms with Crippen LogP contribution in [0, 0.1) is 5.92 Å². The maximum atomic E-state index is 10.6. The van der Waals surface area contributed by atoms with E-state index in [1.807, 2.05) is 6.92 Å². The van der Waals surface area contributed by atoms with E-state index >= 15 is 0 Å². The van der Waals surface area contributed by atoms with Gasteiger partial charge in [0.15, 0.2) is 0 Å². The molecule has 0 amide bonds. The molecule has 0 bridgehead atoms. The lowest BCUT2D eigenvalue weighted by Gasteiger charge is -2.11. The summed E-state index contributed by atoms with van der Waals surface area (Å²) in [7, 11) is -3.85. The molecule has 0 aromatic rings. The van der Waals surface area contributed by atoms with Crippen molar-refractivity contribution in [1.29, 1.82) is 0 Å². The third-order valence-corrected chi connectivity index (χ3v) is 3.43. The van der Waals surface area contributed by atoms with Gasteiger partial charge in [-0.1, -0.05) is 6.92 Å². The molecular weight excluding hydrogens is 272 g/mol. The summed E-state index contributed by atoms with van der Waals surface area (Å²) >= 11 is 0. The summed E-state index contributed by atoms with van der Waals surface area (Å²) in [6, 6.07) is 0. The molecule has 19 heavy (non-hydrogen) atoms. The van der Waals surface area contributed by atoms with Crippen LogP contribution >= 0.6 is 0 Å². The van der Waals surface area contributed by atoms with Gasteiger partial charge in [-0.05, 0) is 25.3 Å². The fourth-order valence-electron chi connectivity index (χ4n) is 1.47. The van der Waals surface area contributed by atoms with E-state index in [-0.39, 0.29) is 18.1 Å². The van der Waals surface area contributed by atoms with Gasteiger partial charge in [0, 0.05) is 19.6 Å². The predicted octanol–water partition coefficient (Wildman–Crippen LogP) is -0.0556. The Morgan fingerprint density at radius 3 is 2.21 bits per heavy atom. The molecule has 0 aliphatic carbocycles. The Morgan fingerprint density at radius 1 is 1.11 bits per heavy atom. The molecule has 7 nitrogen and oxygen atoms in total. The summed E-state index contributed by atoms with van der Waals surface area (Å²) in [5.74, 6) is -0.771. The molecule has 0 spiro atoms. The monoisotopic (exact) mass is 296 g/mol. The van der Waals surface area contributed by atoms with Gasteiger partial charge in [0.2, 0.25) is 0 Å². The van der Waals surface area contributed by atoms with Gasteiger partial charge in [0.1, 0.15) is 0 Å². The molecule has 0 aromatic heterocycles. The maximum Gasteiger partial charge on any atom is 0.304 e. The van der Waals surface area contributed by atoms with E-state index in [1.165, 1.54) is 0 Å². The summed E-state index contributed by atoms with van der Waals surface area (Å²) in [5, 5.41) is 14.6. The molecule has 8 heteroatoms. The van der Waals surface area contributed by atoms with E-state index in [4.69, 9.17) is 9.66 Å². The van der Waals surface area contributed by atoms with Crippen molar-refractivity contribution < 1.29 is 22.9 Å². The number of rotatable bonds is 12. The Balaban J connectivity index is 3.32. The highest BCUT2D eigenvalue weighted by molar-refractivity contribution is 7.85. The predicted molar refractivity (Wildman–Crippen MR) is 72.8 cm³/mol. The summed E-state index contributed by atoms with van der Waals surface area (Å²) < 4.78 is 29.7. The fourth-order valence-corrected chi connectivity index (χ4v) is 2.17. The van der Waals surface area contributed by atoms with Crippen molar-refractivity contribution in [2.75, 3.05) is 31.9 Å². The number of nitrogens with one attached hydrogen (secondary N) is 2. The van der Waals surface area contributed by atoms with Crippen molar-refractivity contribution in [2.24, 2.45) is 5.92 Å². The SMILES string of the molecule is CC(CCNCCNCCC(=O)O)CCS(=O)(=O)O. The van der Waals surface area contributed by atoms with Gasteiger partial charge < -0.3 is 15.7 Å². The zero-order chi connectivity index (χ0) is 14.7. The first-order valence-corrected chi connectivity index (χ1v) is 8.00. The lowest BCUT2D eigenvalue weighted by molar-refractivity contribution is -0.136. The second kappa shape index (κ2) is 10.1. The van der Waals surface area contributed by atoms with Crippen LogP contribution < -0.4 is 10.6 Å². The molecule has 0 fully saturated rings. The van der Waals surface area contributed by atoms with Crippen LogP contribution in [-0.4, -0.2) is 56.0 Å². The Hall–Kier alpha value is -0.700. The second-order valence-electron chi connectivity index (χ2n) is 4.61. The van der Waals surface area contributed by atoms with Gasteiger partial charge >= 0.3 is 5.97 Å². The summed E-state index contributed by atoms with van der Waals surface area (Å²) in [6.45, 7) is 4.62. The minimum atomic E-state index is -3.85. The van der Waals surface area contributed by atoms with Gasteiger partial charge in [-0.2, -0.15) is 8.42 Å². The molecule has 0 aliphatic heterocycles. The van der Waals surface area contributed by atoms with E-state index in [0.717, 1.165) is 19.5 Å². The van der Waals surface area contributed by atoms with Crippen molar-refractivity contribution in [1.82, 2.24) is 10.6 Å². The quantitative estimate of drug-likeness (QED) is 0.294. The van der Waals surface area contributed by atoms with Crippen molar-refractivity contribution in [3.63, 3.8) is 0 Å². The Morgan fingerprint density at radius 2 is 1.68 bits per heavy atom. The van der Waals surface area contributed by atoms with E-state index < -0.39 is 16.1 Å². The smallest absolute Gasteiger partial charge is 0.304 e. The Labute approximate surface area is 114 Å². The molecule has 4 N–H and O–H groups in total. The molecule has 0 saturated carbocycles. The van der Waals surface area contributed by atoms with Crippen LogP contribution in [0.3, 0.4) is 0 Å². The fraction of sp³-hybridized carbons (Fsp3) is 0.909. The van der Waals surface area contributed by atoms with Crippen LogP contribution in [0.15, 0.2) is 0 Å². The Bertz CT molecular complexity index is 345. The number of carbonyl (C=O) groups is 1. The number of hydrogen-bond acceptors (Lipinski definition) is 5. The van der Waals surface area contributed by atoms with E-state index in [1.54, 1.807) is 0 Å². The van der Waals surface area contributed by atoms with Crippen molar-refractivity contribution in [2.45, 2.75) is 26.2 Å².